The third-order valence-electron chi connectivity index (χ3n) is 9.24. The maximum atomic E-state index is 3.53. The molecule has 246 valence electrons. The van der Waals surface area contributed by atoms with Crippen LogP contribution < -0.4 is 30.7 Å². The molecule has 3 N–H and O–H groups in total. The van der Waals surface area contributed by atoms with Crippen LogP contribution >= 0.6 is 0 Å². The Morgan fingerprint density at radius 1 is 0.327 bits per heavy atom. The van der Waals surface area contributed by atoms with E-state index in [9.17, 15) is 0 Å². The van der Waals surface area contributed by atoms with Crippen molar-refractivity contribution in [3.8, 4) is 0 Å². The minimum atomic E-state index is 0. The van der Waals surface area contributed by atoms with Gasteiger partial charge in [-0.05, 0) is 53.1 Å². The summed E-state index contributed by atoms with van der Waals surface area (Å²) in [5.74, 6) is 0. The Balaban J connectivity index is 0.000000126. The summed E-state index contributed by atoms with van der Waals surface area (Å²) >= 11 is 0. The molecule has 0 saturated carbocycles. The van der Waals surface area contributed by atoms with Crippen LogP contribution in [0.3, 0.4) is 0 Å². The molecule has 0 saturated heterocycles. The van der Waals surface area contributed by atoms with E-state index < -0.39 is 0 Å². The van der Waals surface area contributed by atoms with E-state index in [-0.39, 0.29) is 38.6 Å². The predicted octanol–water partition coefficient (Wildman–Crippen LogP) is 9.74. The fourth-order valence-electron chi connectivity index (χ4n) is 6.69. The normalized spacial score (nSPS) is 17.7. The number of para-hydroxylation sites is 6. The zero-order chi connectivity index (χ0) is 32.9. The van der Waals surface area contributed by atoms with Crippen LogP contribution in [0.25, 0.3) is 0 Å². The van der Waals surface area contributed by atoms with Crippen molar-refractivity contribution in [2.24, 2.45) is 0 Å². The van der Waals surface area contributed by atoms with Gasteiger partial charge < -0.3 is 30.7 Å². The second-order valence-electron chi connectivity index (χ2n) is 12.3. The van der Waals surface area contributed by atoms with Crippen molar-refractivity contribution in [2.75, 3.05) is 51.8 Å². The van der Waals surface area contributed by atoms with Gasteiger partial charge in [-0.25, -0.2) is 0 Å². The van der Waals surface area contributed by atoms with E-state index in [1.54, 1.807) is 0 Å². The molecule has 6 nitrogen and oxygen atoms in total. The van der Waals surface area contributed by atoms with Crippen LogP contribution in [0.2, 0.25) is 0 Å². The topological polar surface area (TPSA) is 45.8 Å². The van der Waals surface area contributed by atoms with Crippen molar-refractivity contribution < 1.29 is 20.1 Å². The number of nitrogens with one attached hydrogen (secondary N) is 3. The van der Waals surface area contributed by atoms with E-state index in [1.165, 1.54) is 50.8 Å². The van der Waals surface area contributed by atoms with E-state index in [1.807, 2.05) is 18.2 Å². The molecule has 9 rings (SSSR count). The van der Waals surface area contributed by atoms with Crippen LogP contribution in [0, 0.1) is 0 Å². The molecule has 49 heavy (non-hydrogen) atoms. The Bertz CT molecular complexity index is 1710. The van der Waals surface area contributed by atoms with E-state index in [4.69, 9.17) is 0 Å². The van der Waals surface area contributed by atoms with Crippen molar-refractivity contribution in [3.05, 3.63) is 180 Å². The second kappa shape index (κ2) is 15.3. The third kappa shape index (κ3) is 7.14. The Labute approximate surface area is 303 Å². The van der Waals surface area contributed by atoms with Gasteiger partial charge in [0.1, 0.15) is 18.5 Å². The molecule has 0 radical (unpaired) electrons. The summed E-state index contributed by atoms with van der Waals surface area (Å²) in [5, 5.41) is 10.6. The van der Waals surface area contributed by atoms with Crippen LogP contribution in [-0.2, 0) is 20.1 Å². The number of nitrogens with zero attached hydrogens (tertiary/aromatic N) is 3. The van der Waals surface area contributed by atoms with Crippen molar-refractivity contribution in [1.29, 1.82) is 0 Å². The molecular formula is C42H42IrN6+3. The van der Waals surface area contributed by atoms with Crippen molar-refractivity contribution >= 4 is 34.1 Å². The summed E-state index contributed by atoms with van der Waals surface area (Å²) in [6.45, 7) is 0. The molecule has 6 aromatic carbocycles. The van der Waals surface area contributed by atoms with E-state index in [0.717, 1.165) is 0 Å². The molecule has 0 bridgehead atoms. The van der Waals surface area contributed by atoms with Crippen LogP contribution in [0.1, 0.15) is 35.2 Å². The number of hydrogen-bond donors (Lipinski definition) is 3. The van der Waals surface area contributed by atoms with Gasteiger partial charge in [0.05, 0.1) is 34.1 Å². The maximum Gasteiger partial charge on any atom is 3.00 e. The van der Waals surface area contributed by atoms with Gasteiger partial charge in [-0.1, -0.05) is 127 Å². The summed E-state index contributed by atoms with van der Waals surface area (Å²) in [6, 6.07) is 56.7. The fraction of sp³-hybridized carbons (Fsp3) is 0.143. The quantitative estimate of drug-likeness (QED) is 0.165. The first-order valence-corrected chi connectivity index (χ1v) is 16.5. The molecule has 0 aromatic heterocycles. The second-order valence-corrected chi connectivity index (χ2v) is 12.3. The molecule has 0 spiro atoms. The van der Waals surface area contributed by atoms with Gasteiger partial charge in [-0.15, -0.1) is 0 Å². The van der Waals surface area contributed by atoms with Crippen LogP contribution in [0.15, 0.2) is 164 Å². The number of anilines is 6. The minimum Gasteiger partial charge on any atom is -0.360 e. The Hall–Kier alpha value is -5.23. The third-order valence-corrected chi connectivity index (χ3v) is 9.24. The van der Waals surface area contributed by atoms with E-state index in [0.29, 0.717) is 0 Å². The minimum absolute atomic E-state index is 0. The SMILES string of the molecule is CN1c2ccccc2NC1c1ccccc1.CN1c2ccccc2NC1c1ccccc1.CN1c2ccccc2NC1c1ccccc1.[Ir+3]. The van der Waals surface area contributed by atoms with Crippen molar-refractivity contribution in [3.63, 3.8) is 0 Å². The fourth-order valence-corrected chi connectivity index (χ4v) is 6.69. The van der Waals surface area contributed by atoms with E-state index in [2.05, 4.69) is 197 Å². The number of benzene rings is 6. The molecule has 3 atom stereocenters. The molecule has 3 heterocycles. The van der Waals surface area contributed by atoms with Gasteiger partial charge in [-0.2, -0.15) is 0 Å². The van der Waals surface area contributed by atoms with Crippen LogP contribution in [-0.4, -0.2) is 21.1 Å². The van der Waals surface area contributed by atoms with Crippen molar-refractivity contribution in [2.45, 2.75) is 18.5 Å². The summed E-state index contributed by atoms with van der Waals surface area (Å²) in [5.41, 5.74) is 11.3. The van der Waals surface area contributed by atoms with Gasteiger partial charge >= 0.3 is 20.1 Å². The molecule has 3 unspecified atom stereocenters. The Kier molecular flexibility index (Phi) is 10.5. The summed E-state index contributed by atoms with van der Waals surface area (Å²) < 4.78 is 0. The summed E-state index contributed by atoms with van der Waals surface area (Å²) in [7, 11) is 6.36. The number of rotatable bonds is 3. The van der Waals surface area contributed by atoms with Gasteiger partial charge in [0.15, 0.2) is 0 Å². The Morgan fingerprint density at radius 3 is 0.796 bits per heavy atom. The summed E-state index contributed by atoms with van der Waals surface area (Å²) in [4.78, 5) is 6.81. The number of hydrogen-bond acceptors (Lipinski definition) is 6. The van der Waals surface area contributed by atoms with Gasteiger partial charge in [0.25, 0.3) is 0 Å². The summed E-state index contributed by atoms with van der Waals surface area (Å²) in [6.07, 6.45) is 0.746. The predicted molar refractivity (Wildman–Crippen MR) is 203 cm³/mol. The van der Waals surface area contributed by atoms with Crippen LogP contribution in [0.5, 0.6) is 0 Å². The first-order valence-electron chi connectivity index (χ1n) is 16.5. The van der Waals surface area contributed by atoms with E-state index >= 15 is 0 Å². The average Bonchev–Trinajstić information content (AvgIpc) is 3.80. The molecule has 0 amide bonds. The first kappa shape index (κ1) is 33.7. The average molecular weight is 823 g/mol. The molecular weight excluding hydrogens is 781 g/mol. The standard InChI is InChI=1S/3C14H14N2.Ir/c3*1-16-13-10-6-5-9-12(13)15-14(16)11-7-3-2-4-8-11;/h3*2-10,14-15H,1H3;/q;;;+3. The zero-order valence-electron chi connectivity index (χ0n) is 28.0. The van der Waals surface area contributed by atoms with Crippen molar-refractivity contribution in [1.82, 2.24) is 0 Å². The molecule has 0 aliphatic carbocycles. The number of fused-ring (bicyclic) bond motifs is 3. The first-order chi connectivity index (χ1) is 23.6. The van der Waals surface area contributed by atoms with Gasteiger partial charge in [0, 0.05) is 21.1 Å². The molecule has 0 fully saturated rings. The molecule has 3 aliphatic rings. The largest absolute Gasteiger partial charge is 3.00 e. The molecule has 3 aliphatic heterocycles. The molecule has 7 heteroatoms. The van der Waals surface area contributed by atoms with Gasteiger partial charge in [-0.3, -0.25) is 0 Å². The zero-order valence-corrected chi connectivity index (χ0v) is 30.4. The smallest absolute Gasteiger partial charge is 0.360 e. The monoisotopic (exact) mass is 823 g/mol. The van der Waals surface area contributed by atoms with Crippen LogP contribution in [0.4, 0.5) is 34.1 Å². The maximum absolute atomic E-state index is 3.53. The molecule has 6 aromatic rings. The Morgan fingerprint density at radius 2 is 0.551 bits per heavy atom. The van der Waals surface area contributed by atoms with Gasteiger partial charge in [0.2, 0.25) is 0 Å².